The van der Waals surface area contributed by atoms with Gasteiger partial charge in [0.05, 0.1) is 11.3 Å². The zero-order valence-corrected chi connectivity index (χ0v) is 11.6. The Morgan fingerprint density at radius 3 is 2.53 bits per heavy atom. The van der Waals surface area contributed by atoms with Crippen LogP contribution in [0.1, 0.15) is 18.3 Å². The Morgan fingerprint density at radius 2 is 1.89 bits per heavy atom. The monoisotopic (exact) mass is 330 g/mol. The van der Waals surface area contributed by atoms with Crippen LogP contribution in [0, 0.1) is 0 Å². The lowest BCUT2D eigenvalue weighted by Gasteiger charge is -2.09. The van der Waals surface area contributed by atoms with Gasteiger partial charge in [0, 0.05) is 12.0 Å². The molecule has 0 N–H and O–H groups in total. The maximum Gasteiger partial charge on any atom is 0.416 e. The molecule has 0 aliphatic rings. The van der Waals surface area contributed by atoms with Gasteiger partial charge in [-0.3, -0.25) is 0 Å². The van der Waals surface area contributed by atoms with Crippen molar-refractivity contribution in [3.05, 3.63) is 46.3 Å². The highest BCUT2D eigenvalue weighted by atomic mass is 79.9. The van der Waals surface area contributed by atoms with Crippen LogP contribution < -0.4 is 0 Å². The van der Waals surface area contributed by atoms with Gasteiger partial charge >= 0.3 is 6.18 Å². The largest absolute Gasteiger partial charge is 0.416 e. The molecule has 0 atom stereocenters. The van der Waals surface area contributed by atoms with E-state index in [2.05, 4.69) is 25.9 Å². The van der Waals surface area contributed by atoms with Crippen LogP contribution in [-0.2, 0) is 12.6 Å². The zero-order valence-electron chi connectivity index (χ0n) is 10.0. The Balaban J connectivity index is 2.50. The van der Waals surface area contributed by atoms with Crippen LogP contribution in [-0.4, -0.2) is 9.97 Å². The average molecular weight is 331 g/mol. The molecule has 1 heterocycles. The van der Waals surface area contributed by atoms with Gasteiger partial charge in [-0.05, 0) is 34.1 Å². The molecule has 2 nitrogen and oxygen atoms in total. The van der Waals surface area contributed by atoms with Gasteiger partial charge in [-0.2, -0.15) is 13.2 Å². The van der Waals surface area contributed by atoms with Gasteiger partial charge in [0.25, 0.3) is 0 Å². The minimum atomic E-state index is -4.35. The molecule has 100 valence electrons. The van der Waals surface area contributed by atoms with Crippen molar-refractivity contribution in [3.8, 4) is 11.3 Å². The fourth-order valence-electron chi connectivity index (χ4n) is 1.63. The summed E-state index contributed by atoms with van der Waals surface area (Å²) >= 11 is 3.24. The smallest absolute Gasteiger partial charge is 0.233 e. The van der Waals surface area contributed by atoms with E-state index in [1.807, 2.05) is 6.92 Å². The lowest BCUT2D eigenvalue weighted by atomic mass is 10.1. The predicted octanol–water partition coefficient (Wildman–Crippen LogP) is 4.49. The number of aromatic nitrogens is 2. The topological polar surface area (TPSA) is 25.8 Å². The van der Waals surface area contributed by atoms with E-state index in [-0.39, 0.29) is 0 Å². The van der Waals surface area contributed by atoms with Crippen molar-refractivity contribution in [3.63, 3.8) is 0 Å². The summed E-state index contributed by atoms with van der Waals surface area (Å²) in [5, 5.41) is 0. The number of aryl methyl sites for hydroxylation is 1. The highest BCUT2D eigenvalue weighted by Crippen LogP contribution is 2.32. The molecule has 0 aliphatic carbocycles. The number of rotatable bonds is 2. The fraction of sp³-hybridized carbons (Fsp3) is 0.231. The number of hydrogen-bond donors (Lipinski definition) is 0. The Labute approximate surface area is 116 Å². The third kappa shape index (κ3) is 3.32. The minimum absolute atomic E-state index is 0.424. The first kappa shape index (κ1) is 14.0. The van der Waals surface area contributed by atoms with E-state index >= 15 is 0 Å². The molecule has 0 unspecified atom stereocenters. The molecular weight excluding hydrogens is 321 g/mol. The summed E-state index contributed by atoms with van der Waals surface area (Å²) in [7, 11) is 0. The predicted molar refractivity (Wildman–Crippen MR) is 69.5 cm³/mol. The quantitative estimate of drug-likeness (QED) is 0.758. The first-order valence-electron chi connectivity index (χ1n) is 5.61. The lowest BCUT2D eigenvalue weighted by molar-refractivity contribution is -0.137. The standard InChI is InChI=1S/C13H10BrF3N2/c1-2-12-18-10(7-11(14)19-12)8-4-3-5-9(6-8)13(15,16)17/h3-7H,2H2,1H3. The second-order valence-corrected chi connectivity index (χ2v) is 4.74. The van der Waals surface area contributed by atoms with Crippen molar-refractivity contribution in [2.45, 2.75) is 19.5 Å². The van der Waals surface area contributed by atoms with Crippen molar-refractivity contribution in [2.75, 3.05) is 0 Å². The molecule has 0 bridgehead atoms. The van der Waals surface area contributed by atoms with Crippen molar-refractivity contribution < 1.29 is 13.2 Å². The van der Waals surface area contributed by atoms with Crippen LogP contribution in [0.25, 0.3) is 11.3 Å². The first-order chi connectivity index (χ1) is 8.90. The molecule has 0 saturated heterocycles. The minimum Gasteiger partial charge on any atom is -0.233 e. The maximum atomic E-state index is 12.7. The molecule has 0 aliphatic heterocycles. The van der Waals surface area contributed by atoms with E-state index in [1.165, 1.54) is 6.07 Å². The van der Waals surface area contributed by atoms with Crippen LogP contribution >= 0.6 is 15.9 Å². The fourth-order valence-corrected chi connectivity index (χ4v) is 2.05. The molecule has 6 heteroatoms. The number of halogens is 4. The Hall–Kier alpha value is -1.43. The number of hydrogen-bond acceptors (Lipinski definition) is 2. The Bertz CT molecular complexity index is 597. The zero-order chi connectivity index (χ0) is 14.0. The van der Waals surface area contributed by atoms with Crippen LogP contribution in [0.2, 0.25) is 0 Å². The molecule has 0 fully saturated rings. The van der Waals surface area contributed by atoms with Crippen LogP contribution in [0.4, 0.5) is 13.2 Å². The molecule has 2 rings (SSSR count). The van der Waals surface area contributed by atoms with Gasteiger partial charge in [0.15, 0.2) is 0 Å². The van der Waals surface area contributed by atoms with E-state index in [0.717, 1.165) is 12.1 Å². The van der Waals surface area contributed by atoms with E-state index in [9.17, 15) is 13.2 Å². The van der Waals surface area contributed by atoms with Gasteiger partial charge in [-0.15, -0.1) is 0 Å². The summed E-state index contributed by atoms with van der Waals surface area (Å²) in [6.45, 7) is 1.89. The number of alkyl halides is 3. The van der Waals surface area contributed by atoms with Gasteiger partial charge in [-0.1, -0.05) is 19.1 Å². The first-order valence-corrected chi connectivity index (χ1v) is 6.40. The molecule has 19 heavy (non-hydrogen) atoms. The number of nitrogens with zero attached hydrogens (tertiary/aromatic N) is 2. The van der Waals surface area contributed by atoms with Crippen molar-refractivity contribution in [2.24, 2.45) is 0 Å². The summed E-state index contributed by atoms with van der Waals surface area (Å²) in [4.78, 5) is 8.37. The summed E-state index contributed by atoms with van der Waals surface area (Å²) < 4.78 is 38.6. The van der Waals surface area contributed by atoms with Gasteiger partial charge in [-0.25, -0.2) is 9.97 Å². The maximum absolute atomic E-state index is 12.7. The second kappa shape index (κ2) is 5.28. The molecule has 2 aromatic rings. The molecule has 0 saturated carbocycles. The normalized spacial score (nSPS) is 11.6. The molecule has 1 aromatic heterocycles. The van der Waals surface area contributed by atoms with Crippen LogP contribution in [0.3, 0.4) is 0 Å². The van der Waals surface area contributed by atoms with Crippen molar-refractivity contribution >= 4 is 15.9 Å². The third-order valence-electron chi connectivity index (χ3n) is 2.54. The van der Waals surface area contributed by atoms with Crippen molar-refractivity contribution in [1.82, 2.24) is 9.97 Å². The molecule has 0 amide bonds. The summed E-state index contributed by atoms with van der Waals surface area (Å²) in [6.07, 6.45) is -3.74. The molecule has 0 spiro atoms. The van der Waals surface area contributed by atoms with Gasteiger partial charge < -0.3 is 0 Å². The van der Waals surface area contributed by atoms with Crippen LogP contribution in [0.15, 0.2) is 34.9 Å². The highest BCUT2D eigenvalue weighted by Gasteiger charge is 2.30. The van der Waals surface area contributed by atoms with E-state index < -0.39 is 11.7 Å². The van der Waals surface area contributed by atoms with Gasteiger partial charge in [0.2, 0.25) is 0 Å². The van der Waals surface area contributed by atoms with Crippen LogP contribution in [0.5, 0.6) is 0 Å². The second-order valence-electron chi connectivity index (χ2n) is 3.92. The van der Waals surface area contributed by atoms with E-state index in [1.54, 1.807) is 12.1 Å². The highest BCUT2D eigenvalue weighted by molar-refractivity contribution is 9.10. The van der Waals surface area contributed by atoms with E-state index in [0.29, 0.717) is 28.1 Å². The third-order valence-corrected chi connectivity index (χ3v) is 2.95. The Kier molecular flexibility index (Phi) is 3.89. The molecule has 1 aromatic carbocycles. The average Bonchev–Trinajstić information content (AvgIpc) is 2.37. The summed E-state index contributed by atoms with van der Waals surface area (Å²) in [5.74, 6) is 0.585. The van der Waals surface area contributed by atoms with Crippen molar-refractivity contribution in [1.29, 1.82) is 0 Å². The molecule has 0 radical (unpaired) electrons. The van der Waals surface area contributed by atoms with Gasteiger partial charge in [0.1, 0.15) is 10.4 Å². The SMILES string of the molecule is CCc1nc(Br)cc(-c2cccc(C(F)(F)F)c2)n1. The lowest BCUT2D eigenvalue weighted by Crippen LogP contribution is -2.05. The summed E-state index contributed by atoms with van der Waals surface area (Å²) in [5.41, 5.74) is 0.218. The number of benzene rings is 1. The Morgan fingerprint density at radius 1 is 1.16 bits per heavy atom. The molecular formula is C13H10BrF3N2. The van der Waals surface area contributed by atoms with E-state index in [4.69, 9.17) is 0 Å². The summed E-state index contributed by atoms with van der Waals surface area (Å²) in [6, 6.07) is 6.71.